The van der Waals surface area contributed by atoms with Crippen LogP contribution in [0.4, 0.5) is 0 Å². The van der Waals surface area contributed by atoms with E-state index in [0.717, 1.165) is 0 Å². The Labute approximate surface area is 67.5 Å². The molecule has 0 saturated heterocycles. The topological polar surface area (TPSA) is 26.0 Å². The van der Waals surface area contributed by atoms with Crippen molar-refractivity contribution in [2.45, 2.75) is 12.8 Å². The van der Waals surface area contributed by atoms with Crippen LogP contribution >= 0.6 is 0 Å². The van der Waals surface area contributed by atoms with Crippen LogP contribution in [0.2, 0.25) is 0 Å². The molecule has 2 N–H and O–H groups in total. The largest absolute Gasteiger partial charge is 0.405 e. The molecule has 0 aliphatic rings. The molecule has 11 heavy (non-hydrogen) atoms. The van der Waals surface area contributed by atoms with E-state index in [9.17, 15) is 0 Å². The van der Waals surface area contributed by atoms with Crippen LogP contribution in [-0.4, -0.2) is 0 Å². The average molecular weight is 147 g/mol. The summed E-state index contributed by atoms with van der Waals surface area (Å²) in [6.45, 7) is 2.12. The fraction of sp³-hybridized carbons (Fsp3) is 0.200. The highest BCUT2D eigenvalue weighted by Crippen LogP contribution is 2.14. The van der Waals surface area contributed by atoms with Gasteiger partial charge < -0.3 is 5.73 Å². The maximum Gasteiger partial charge on any atom is 0.000671 e. The number of hydrogen-bond acceptors (Lipinski definition) is 1. The van der Waals surface area contributed by atoms with Gasteiger partial charge in [0.15, 0.2) is 0 Å². The normalized spacial score (nSPS) is 13.5. The minimum atomic E-state index is 0.418. The van der Waals surface area contributed by atoms with E-state index in [1.807, 2.05) is 24.3 Å². The summed E-state index contributed by atoms with van der Waals surface area (Å²) in [6.07, 6.45) is 3.58. The first-order valence-corrected chi connectivity index (χ1v) is 3.78. The molecule has 0 radical (unpaired) electrons. The van der Waals surface area contributed by atoms with Crippen LogP contribution in [0, 0.1) is 0 Å². The lowest BCUT2D eigenvalue weighted by atomic mass is 10.0. The van der Waals surface area contributed by atoms with E-state index >= 15 is 0 Å². The molecule has 0 heterocycles. The van der Waals surface area contributed by atoms with E-state index in [0.29, 0.717) is 5.92 Å². The zero-order valence-corrected chi connectivity index (χ0v) is 6.70. The lowest BCUT2D eigenvalue weighted by molar-refractivity contribution is 0.963. The third kappa shape index (κ3) is 2.11. The predicted octanol–water partition coefficient (Wildman–Crippen LogP) is 2.26. The number of hydrogen-bond donors (Lipinski definition) is 1. The molecule has 1 aromatic rings. The average Bonchev–Trinajstić information content (AvgIpc) is 2.07. The van der Waals surface area contributed by atoms with Gasteiger partial charge in [-0.3, -0.25) is 0 Å². The molecule has 1 atom stereocenters. The highest BCUT2D eigenvalue weighted by atomic mass is 14.5. The molecule has 1 nitrogen and oxygen atoms in total. The van der Waals surface area contributed by atoms with Crippen molar-refractivity contribution < 1.29 is 0 Å². The fourth-order valence-electron chi connectivity index (χ4n) is 1.03. The molecule has 0 aliphatic carbocycles. The predicted molar refractivity (Wildman–Crippen MR) is 48.2 cm³/mol. The van der Waals surface area contributed by atoms with Gasteiger partial charge in [0.2, 0.25) is 0 Å². The molecule has 1 aromatic carbocycles. The standard InChI is InChI=1S/C10H13N/c1-9(7-8-11)10-5-3-2-4-6-10/h2-9H,11H2,1H3. The lowest BCUT2D eigenvalue weighted by Crippen LogP contribution is -1.89. The Balaban J connectivity index is 2.76. The molecule has 1 heteroatoms. The van der Waals surface area contributed by atoms with Gasteiger partial charge in [0.25, 0.3) is 0 Å². The van der Waals surface area contributed by atoms with Gasteiger partial charge in [-0.1, -0.05) is 43.3 Å². The Morgan fingerprint density at radius 1 is 1.27 bits per heavy atom. The van der Waals surface area contributed by atoms with Gasteiger partial charge in [0.1, 0.15) is 0 Å². The van der Waals surface area contributed by atoms with E-state index < -0.39 is 0 Å². The monoisotopic (exact) mass is 147 g/mol. The first-order chi connectivity index (χ1) is 5.34. The van der Waals surface area contributed by atoms with Gasteiger partial charge in [0.05, 0.1) is 0 Å². The molecule has 0 amide bonds. The summed E-state index contributed by atoms with van der Waals surface area (Å²) in [4.78, 5) is 0. The van der Waals surface area contributed by atoms with Crippen LogP contribution in [0.5, 0.6) is 0 Å². The van der Waals surface area contributed by atoms with Gasteiger partial charge in [0, 0.05) is 5.92 Å². The van der Waals surface area contributed by atoms with Crippen molar-refractivity contribution in [3.8, 4) is 0 Å². The van der Waals surface area contributed by atoms with Crippen LogP contribution < -0.4 is 5.73 Å². The van der Waals surface area contributed by atoms with Gasteiger partial charge in [-0.2, -0.15) is 0 Å². The number of allylic oxidation sites excluding steroid dienone is 1. The summed E-state index contributed by atoms with van der Waals surface area (Å²) >= 11 is 0. The van der Waals surface area contributed by atoms with Crippen molar-refractivity contribution in [2.75, 3.05) is 0 Å². The van der Waals surface area contributed by atoms with Crippen LogP contribution in [-0.2, 0) is 0 Å². The lowest BCUT2D eigenvalue weighted by Gasteiger charge is -2.04. The smallest absolute Gasteiger partial charge is 0.000671 e. The Hall–Kier alpha value is -1.24. The molecule has 0 aliphatic heterocycles. The maximum atomic E-state index is 5.29. The molecule has 0 aromatic heterocycles. The summed E-state index contributed by atoms with van der Waals surface area (Å²) in [7, 11) is 0. The van der Waals surface area contributed by atoms with Crippen molar-refractivity contribution in [1.82, 2.24) is 0 Å². The zero-order valence-electron chi connectivity index (χ0n) is 6.70. The van der Waals surface area contributed by atoms with Crippen LogP contribution in [0.15, 0.2) is 42.6 Å². The summed E-state index contributed by atoms with van der Waals surface area (Å²) in [5.41, 5.74) is 6.59. The van der Waals surface area contributed by atoms with E-state index in [-0.39, 0.29) is 0 Å². The molecule has 0 spiro atoms. The Kier molecular flexibility index (Phi) is 2.73. The SMILES string of the molecule is CC(C=CN)c1ccccc1. The Morgan fingerprint density at radius 2 is 1.91 bits per heavy atom. The third-order valence-corrected chi connectivity index (χ3v) is 1.73. The van der Waals surface area contributed by atoms with E-state index in [2.05, 4.69) is 19.1 Å². The molecule has 1 rings (SSSR count). The quantitative estimate of drug-likeness (QED) is 0.682. The third-order valence-electron chi connectivity index (χ3n) is 1.73. The maximum absolute atomic E-state index is 5.29. The van der Waals surface area contributed by atoms with Crippen LogP contribution in [0.1, 0.15) is 18.4 Å². The molecule has 0 bridgehead atoms. The van der Waals surface area contributed by atoms with Gasteiger partial charge >= 0.3 is 0 Å². The van der Waals surface area contributed by atoms with Gasteiger partial charge in [-0.05, 0) is 11.8 Å². The fourth-order valence-corrected chi connectivity index (χ4v) is 1.03. The van der Waals surface area contributed by atoms with Crippen molar-refractivity contribution in [3.05, 3.63) is 48.2 Å². The second-order valence-corrected chi connectivity index (χ2v) is 2.58. The summed E-state index contributed by atoms with van der Waals surface area (Å²) < 4.78 is 0. The molecular weight excluding hydrogens is 134 g/mol. The number of benzene rings is 1. The Bertz CT molecular complexity index is 226. The zero-order chi connectivity index (χ0) is 8.10. The van der Waals surface area contributed by atoms with Gasteiger partial charge in [-0.15, -0.1) is 0 Å². The minimum absolute atomic E-state index is 0.418. The van der Waals surface area contributed by atoms with Crippen molar-refractivity contribution in [2.24, 2.45) is 5.73 Å². The van der Waals surface area contributed by atoms with Crippen molar-refractivity contribution in [1.29, 1.82) is 0 Å². The van der Waals surface area contributed by atoms with Crippen molar-refractivity contribution in [3.63, 3.8) is 0 Å². The molecule has 0 fully saturated rings. The first kappa shape index (κ1) is 7.86. The van der Waals surface area contributed by atoms with Crippen LogP contribution in [0.3, 0.4) is 0 Å². The number of rotatable bonds is 2. The van der Waals surface area contributed by atoms with E-state index in [1.165, 1.54) is 5.56 Å². The Morgan fingerprint density at radius 3 is 2.45 bits per heavy atom. The molecule has 0 saturated carbocycles. The minimum Gasteiger partial charge on any atom is -0.405 e. The summed E-state index contributed by atoms with van der Waals surface area (Å²) in [5.74, 6) is 0.418. The van der Waals surface area contributed by atoms with Gasteiger partial charge in [-0.25, -0.2) is 0 Å². The second kappa shape index (κ2) is 3.81. The van der Waals surface area contributed by atoms with E-state index in [4.69, 9.17) is 5.73 Å². The summed E-state index contributed by atoms with van der Waals surface area (Å²) in [6, 6.07) is 10.3. The van der Waals surface area contributed by atoms with Crippen molar-refractivity contribution >= 4 is 0 Å². The molecule has 1 unspecified atom stereocenters. The highest BCUT2D eigenvalue weighted by molar-refractivity contribution is 5.22. The first-order valence-electron chi connectivity index (χ1n) is 3.78. The molecular formula is C10H13N. The molecule has 58 valence electrons. The summed E-state index contributed by atoms with van der Waals surface area (Å²) in [5, 5.41) is 0. The van der Waals surface area contributed by atoms with E-state index in [1.54, 1.807) is 6.20 Å². The number of nitrogens with two attached hydrogens (primary N) is 1. The second-order valence-electron chi connectivity index (χ2n) is 2.58. The highest BCUT2D eigenvalue weighted by Gasteiger charge is 1.97. The van der Waals surface area contributed by atoms with Crippen LogP contribution in [0.25, 0.3) is 0 Å².